The van der Waals surface area contributed by atoms with E-state index in [0.29, 0.717) is 15.1 Å². The largest absolute Gasteiger partial charge is 0.465 e. The molecule has 0 amide bonds. The van der Waals surface area contributed by atoms with Crippen molar-refractivity contribution in [3.63, 3.8) is 0 Å². The van der Waals surface area contributed by atoms with Crippen molar-refractivity contribution in [1.29, 1.82) is 0 Å². The van der Waals surface area contributed by atoms with Crippen LogP contribution in [0.4, 0.5) is 0 Å². The molecule has 0 aliphatic carbocycles. The third kappa shape index (κ3) is 2.08. The zero-order valence-electron chi connectivity index (χ0n) is 10.4. The third-order valence-electron chi connectivity index (χ3n) is 2.75. The lowest BCUT2D eigenvalue weighted by Gasteiger charge is -1.98. The summed E-state index contributed by atoms with van der Waals surface area (Å²) in [5.74, 6) is -0.389. The molecule has 3 aromatic rings. The third-order valence-corrected chi connectivity index (χ3v) is 3.72. The number of benzene rings is 1. The van der Waals surface area contributed by atoms with Crippen molar-refractivity contribution in [3.8, 4) is 0 Å². The summed E-state index contributed by atoms with van der Waals surface area (Å²) in [6.45, 7) is 0. The molecule has 20 heavy (non-hydrogen) atoms. The smallest absolute Gasteiger partial charge is 0.337 e. The number of carbonyl (C=O) groups excluding carboxylic acids is 1. The summed E-state index contributed by atoms with van der Waals surface area (Å²) in [7, 11) is 1.33. The molecule has 0 aliphatic heterocycles. The van der Waals surface area contributed by atoms with Gasteiger partial charge in [0.15, 0.2) is 0 Å². The van der Waals surface area contributed by atoms with Gasteiger partial charge in [0.1, 0.15) is 6.33 Å². The van der Waals surface area contributed by atoms with Crippen molar-refractivity contribution >= 4 is 28.3 Å². The molecule has 0 bridgehead atoms. The molecule has 1 aromatic carbocycles. The highest BCUT2D eigenvalue weighted by molar-refractivity contribution is 7.15. The van der Waals surface area contributed by atoms with Crippen molar-refractivity contribution < 1.29 is 9.53 Å². The lowest BCUT2D eigenvalue weighted by atomic mass is 10.1. The van der Waals surface area contributed by atoms with Gasteiger partial charge in [-0.3, -0.25) is 4.79 Å². The van der Waals surface area contributed by atoms with Crippen LogP contribution in [0.2, 0.25) is 0 Å². The molecule has 0 atom stereocenters. The molecule has 100 valence electrons. The number of methoxy groups -OCH3 is 1. The first-order valence-electron chi connectivity index (χ1n) is 5.71. The zero-order chi connectivity index (χ0) is 14.1. The van der Waals surface area contributed by atoms with Crippen LogP contribution in [0.5, 0.6) is 0 Å². The van der Waals surface area contributed by atoms with E-state index < -0.39 is 0 Å². The number of thiazole rings is 1. The van der Waals surface area contributed by atoms with E-state index in [1.807, 2.05) is 0 Å². The Morgan fingerprint density at radius 1 is 1.35 bits per heavy atom. The Kier molecular flexibility index (Phi) is 3.03. The van der Waals surface area contributed by atoms with Gasteiger partial charge in [-0.05, 0) is 23.8 Å². The fraction of sp³-hybridized carbons (Fsp3) is 0.0769. The second-order valence-electron chi connectivity index (χ2n) is 3.98. The molecule has 3 rings (SSSR count). The Bertz CT molecular complexity index is 880. The van der Waals surface area contributed by atoms with E-state index in [-0.39, 0.29) is 11.5 Å². The van der Waals surface area contributed by atoms with Crippen molar-refractivity contribution in [3.05, 3.63) is 56.6 Å². The van der Waals surface area contributed by atoms with Crippen molar-refractivity contribution in [2.45, 2.75) is 0 Å². The lowest BCUT2D eigenvalue weighted by molar-refractivity contribution is 0.0601. The molecular formula is C13H9N3O3S. The molecule has 0 fully saturated rings. The van der Waals surface area contributed by atoms with Crippen LogP contribution in [0.3, 0.4) is 0 Å². The molecule has 0 saturated heterocycles. The number of carbonyl (C=O) groups is 1. The number of hydrogen-bond acceptors (Lipinski definition) is 6. The Labute approximate surface area is 116 Å². The first-order valence-corrected chi connectivity index (χ1v) is 6.53. The second-order valence-corrected chi connectivity index (χ2v) is 4.99. The average molecular weight is 287 g/mol. The van der Waals surface area contributed by atoms with Gasteiger partial charge >= 0.3 is 5.97 Å². The fourth-order valence-electron chi connectivity index (χ4n) is 1.76. The van der Waals surface area contributed by atoms with E-state index in [0.717, 1.165) is 5.56 Å². The van der Waals surface area contributed by atoms with Crippen molar-refractivity contribution in [2.75, 3.05) is 7.11 Å². The van der Waals surface area contributed by atoms with Crippen LogP contribution in [0.25, 0.3) is 11.0 Å². The van der Waals surface area contributed by atoms with Gasteiger partial charge < -0.3 is 4.74 Å². The van der Waals surface area contributed by atoms with Gasteiger partial charge in [0.2, 0.25) is 4.96 Å². The molecule has 0 aliphatic rings. The first-order chi connectivity index (χ1) is 9.69. The van der Waals surface area contributed by atoms with Crippen LogP contribution in [0.1, 0.15) is 15.9 Å². The summed E-state index contributed by atoms with van der Waals surface area (Å²) in [4.78, 5) is 27.8. The minimum absolute atomic E-state index is 0.195. The molecular weight excluding hydrogens is 278 g/mol. The number of nitrogens with zero attached hydrogens (tertiary/aromatic N) is 3. The topological polar surface area (TPSA) is 73.6 Å². The zero-order valence-corrected chi connectivity index (χ0v) is 11.3. The average Bonchev–Trinajstić information content (AvgIpc) is 3.03. The molecule has 7 heteroatoms. The molecule has 0 saturated carbocycles. The summed E-state index contributed by atoms with van der Waals surface area (Å²) in [6.07, 6.45) is 3.09. The Morgan fingerprint density at radius 2 is 2.10 bits per heavy atom. The van der Waals surface area contributed by atoms with Crippen LogP contribution in [-0.4, -0.2) is 27.7 Å². The molecule has 0 N–H and O–H groups in total. The highest BCUT2D eigenvalue weighted by atomic mass is 32.1. The summed E-state index contributed by atoms with van der Waals surface area (Å²) >= 11 is 1.27. The number of aromatic nitrogens is 3. The first kappa shape index (κ1) is 12.5. The number of hydrogen-bond donors (Lipinski definition) is 0. The molecule has 2 heterocycles. The Balaban J connectivity index is 2.03. The van der Waals surface area contributed by atoms with E-state index in [2.05, 4.69) is 14.8 Å². The minimum Gasteiger partial charge on any atom is -0.465 e. The van der Waals surface area contributed by atoms with Crippen LogP contribution in [0, 0.1) is 0 Å². The van der Waals surface area contributed by atoms with Gasteiger partial charge in [-0.2, -0.15) is 9.61 Å². The van der Waals surface area contributed by atoms with E-state index >= 15 is 0 Å². The van der Waals surface area contributed by atoms with Crippen LogP contribution in [0.15, 0.2) is 35.4 Å². The lowest BCUT2D eigenvalue weighted by Crippen LogP contribution is -2.23. The molecule has 2 aromatic heterocycles. The second kappa shape index (κ2) is 4.86. The number of ether oxygens (including phenoxy) is 1. The molecule has 0 spiro atoms. The normalized spacial score (nSPS) is 11.9. The monoisotopic (exact) mass is 287 g/mol. The van der Waals surface area contributed by atoms with Gasteiger partial charge in [0.05, 0.1) is 17.2 Å². The predicted molar refractivity (Wildman–Crippen MR) is 73.7 cm³/mol. The summed E-state index contributed by atoms with van der Waals surface area (Å²) in [5.41, 5.74) is 1.09. The quantitative estimate of drug-likeness (QED) is 0.641. The Morgan fingerprint density at radius 3 is 2.75 bits per heavy atom. The maximum absolute atomic E-state index is 12.0. The van der Waals surface area contributed by atoms with Gasteiger partial charge in [-0.25, -0.2) is 9.78 Å². The Hall–Kier alpha value is -2.54. The fourth-order valence-corrected chi connectivity index (χ4v) is 2.64. The number of fused-ring (bicyclic) bond motifs is 1. The standard InChI is InChI=1S/C13H9N3O3S/c1-19-12(18)9-4-2-8(3-5-9)6-10-11(17)16-13(20-10)14-7-15-16/h2-7H,1H3. The van der Waals surface area contributed by atoms with Crippen molar-refractivity contribution in [1.82, 2.24) is 14.6 Å². The van der Waals surface area contributed by atoms with E-state index in [1.54, 1.807) is 30.3 Å². The highest BCUT2D eigenvalue weighted by Gasteiger charge is 2.06. The molecule has 0 radical (unpaired) electrons. The SMILES string of the molecule is COC(=O)c1ccc(C=c2sc3ncnn3c2=O)cc1. The molecule has 6 nitrogen and oxygen atoms in total. The van der Waals surface area contributed by atoms with Crippen LogP contribution < -0.4 is 10.1 Å². The van der Waals surface area contributed by atoms with E-state index in [1.165, 1.54) is 29.3 Å². The van der Waals surface area contributed by atoms with Crippen LogP contribution >= 0.6 is 11.3 Å². The maximum Gasteiger partial charge on any atom is 0.337 e. The van der Waals surface area contributed by atoms with E-state index in [4.69, 9.17) is 0 Å². The number of esters is 1. The predicted octanol–water partition coefficient (Wildman–Crippen LogP) is 0.485. The van der Waals surface area contributed by atoms with Crippen LogP contribution in [-0.2, 0) is 4.74 Å². The van der Waals surface area contributed by atoms with Gasteiger partial charge in [0, 0.05) is 0 Å². The van der Waals surface area contributed by atoms with Gasteiger partial charge in [0.25, 0.3) is 5.56 Å². The highest BCUT2D eigenvalue weighted by Crippen LogP contribution is 2.07. The van der Waals surface area contributed by atoms with Gasteiger partial charge in [-0.15, -0.1) is 0 Å². The minimum atomic E-state index is -0.389. The summed E-state index contributed by atoms with van der Waals surface area (Å²) < 4.78 is 6.44. The molecule has 0 unspecified atom stereocenters. The maximum atomic E-state index is 12.0. The number of rotatable bonds is 2. The van der Waals surface area contributed by atoms with Gasteiger partial charge in [-0.1, -0.05) is 23.5 Å². The van der Waals surface area contributed by atoms with Crippen molar-refractivity contribution in [2.24, 2.45) is 0 Å². The summed E-state index contributed by atoms with van der Waals surface area (Å²) in [5, 5.41) is 3.85. The summed E-state index contributed by atoms with van der Waals surface area (Å²) in [6, 6.07) is 6.81. The van der Waals surface area contributed by atoms with E-state index in [9.17, 15) is 9.59 Å².